The molecule has 0 bridgehead atoms. The molecule has 2 rings (SSSR count). The van der Waals surface area contributed by atoms with E-state index in [0.717, 1.165) is 6.26 Å². The van der Waals surface area contributed by atoms with Gasteiger partial charge in [-0.25, -0.2) is 13.2 Å². The van der Waals surface area contributed by atoms with Crippen LogP contribution in [0.25, 0.3) is 0 Å². The van der Waals surface area contributed by atoms with E-state index in [9.17, 15) is 13.2 Å². The Hall–Kier alpha value is -2.42. The number of rotatable bonds is 6. The number of carbonyl (C=O) groups excluding carboxylic acids is 1. The molecule has 9 heteroatoms. The minimum atomic E-state index is -3.48. The van der Waals surface area contributed by atoms with Gasteiger partial charge in [-0.1, -0.05) is 23.3 Å². The Morgan fingerprint density at radius 3 is 2.59 bits per heavy atom. The van der Waals surface area contributed by atoms with Gasteiger partial charge in [0, 0.05) is 24.9 Å². The van der Waals surface area contributed by atoms with Gasteiger partial charge in [-0.05, 0) is 18.6 Å². The van der Waals surface area contributed by atoms with Gasteiger partial charge >= 0.3 is 11.3 Å². The number of nitrogens with zero attached hydrogens (tertiary/aromatic N) is 2. The summed E-state index contributed by atoms with van der Waals surface area (Å²) in [5.74, 6) is 0.227. The van der Waals surface area contributed by atoms with E-state index in [1.165, 1.54) is 0 Å². The summed E-state index contributed by atoms with van der Waals surface area (Å²) in [6, 6.07) is 8.76. The molecule has 0 radical (unpaired) electrons. The third kappa shape index (κ3) is 4.85. The molecule has 8 nitrogen and oxygen atoms in total. The predicted molar refractivity (Wildman–Crippen MR) is 79.2 cm³/mol. The zero-order valence-electron chi connectivity index (χ0n) is 11.9. The highest BCUT2D eigenvalue weighted by Crippen LogP contribution is 2.08. The topological polar surface area (TPSA) is 114 Å². The molecule has 2 amide bonds. The first-order chi connectivity index (χ1) is 10.4. The Morgan fingerprint density at radius 2 is 1.95 bits per heavy atom. The Labute approximate surface area is 127 Å². The number of carbonyl (C=O) groups is 1. The fourth-order valence-electron chi connectivity index (χ4n) is 1.63. The minimum Gasteiger partial charge on any atom is -0.413 e. The molecular weight excluding hydrogens is 308 g/mol. The molecular formula is C13H16N4O4S. The Kier molecular flexibility index (Phi) is 5.10. The van der Waals surface area contributed by atoms with Gasteiger partial charge in [-0.3, -0.25) is 0 Å². The van der Waals surface area contributed by atoms with E-state index in [4.69, 9.17) is 4.42 Å². The van der Waals surface area contributed by atoms with Crippen molar-refractivity contribution in [2.45, 2.75) is 18.1 Å². The molecule has 0 fully saturated rings. The number of hydrogen-bond donors (Lipinski definition) is 2. The van der Waals surface area contributed by atoms with E-state index in [-0.39, 0.29) is 11.9 Å². The van der Waals surface area contributed by atoms with Gasteiger partial charge < -0.3 is 15.1 Å². The van der Waals surface area contributed by atoms with E-state index in [1.54, 1.807) is 12.1 Å². The molecule has 0 saturated carbocycles. The van der Waals surface area contributed by atoms with Crippen LogP contribution in [0, 0.1) is 0 Å². The van der Waals surface area contributed by atoms with Crippen molar-refractivity contribution in [3.8, 4) is 0 Å². The fourth-order valence-corrected chi connectivity index (χ4v) is 2.06. The number of sulfone groups is 1. The average molecular weight is 324 g/mol. The fraction of sp³-hybridized carbons (Fsp3) is 0.308. The van der Waals surface area contributed by atoms with Gasteiger partial charge in [0.15, 0.2) is 0 Å². The van der Waals surface area contributed by atoms with Gasteiger partial charge in [-0.2, -0.15) is 0 Å². The molecule has 1 aromatic carbocycles. The average Bonchev–Trinajstić information content (AvgIpc) is 2.94. The molecule has 0 unspecified atom stereocenters. The molecule has 22 heavy (non-hydrogen) atoms. The molecule has 118 valence electrons. The molecule has 2 aromatic rings. The number of amides is 2. The number of aryl methyl sites for hydroxylation is 1. The normalized spacial score (nSPS) is 11.1. The second kappa shape index (κ2) is 7.03. The van der Waals surface area contributed by atoms with Gasteiger partial charge in [0.1, 0.15) is 0 Å². The Morgan fingerprint density at radius 1 is 1.23 bits per heavy atom. The number of nitrogens with one attached hydrogen (secondary N) is 2. The molecule has 0 atom stereocenters. The van der Waals surface area contributed by atoms with Crippen molar-refractivity contribution in [3.63, 3.8) is 0 Å². The number of para-hydroxylation sites is 1. The van der Waals surface area contributed by atoms with Gasteiger partial charge in [0.2, 0.25) is 15.7 Å². The monoisotopic (exact) mass is 324 g/mol. The zero-order valence-corrected chi connectivity index (χ0v) is 12.8. The van der Waals surface area contributed by atoms with Crippen LogP contribution in [0.15, 0.2) is 40.0 Å². The van der Waals surface area contributed by atoms with Crippen LogP contribution in [-0.2, 0) is 16.3 Å². The summed E-state index contributed by atoms with van der Waals surface area (Å²) >= 11 is 0. The minimum absolute atomic E-state index is 0.227. The van der Waals surface area contributed by atoms with E-state index in [2.05, 4.69) is 20.8 Å². The lowest BCUT2D eigenvalue weighted by molar-refractivity contribution is 0.252. The van der Waals surface area contributed by atoms with Crippen LogP contribution in [0.2, 0.25) is 0 Å². The first-order valence-electron chi connectivity index (χ1n) is 6.57. The summed E-state index contributed by atoms with van der Waals surface area (Å²) in [7, 11) is -3.48. The van der Waals surface area contributed by atoms with Crippen LogP contribution in [0.5, 0.6) is 0 Å². The van der Waals surface area contributed by atoms with Crippen molar-refractivity contribution < 1.29 is 17.6 Å². The van der Waals surface area contributed by atoms with Crippen molar-refractivity contribution in [2.24, 2.45) is 0 Å². The highest BCUT2D eigenvalue weighted by molar-refractivity contribution is 7.90. The molecule has 0 aliphatic heterocycles. The molecule has 0 saturated heterocycles. The van der Waals surface area contributed by atoms with E-state index < -0.39 is 15.1 Å². The smallest absolute Gasteiger partial charge is 0.335 e. The SMILES string of the molecule is CS(=O)(=O)c1nnc(CCCNC(=O)Nc2ccccc2)o1. The standard InChI is InChI=1S/C13H16N4O4S/c1-22(19,20)13-17-16-11(21-13)8-5-9-14-12(18)15-10-6-3-2-4-7-10/h2-4,6-7H,5,8-9H2,1H3,(H2,14,15,18). The maximum atomic E-state index is 11.6. The summed E-state index contributed by atoms with van der Waals surface area (Å²) in [5.41, 5.74) is 0.703. The van der Waals surface area contributed by atoms with Crippen LogP contribution >= 0.6 is 0 Å². The van der Waals surface area contributed by atoms with E-state index in [1.807, 2.05) is 18.2 Å². The van der Waals surface area contributed by atoms with Crippen LogP contribution < -0.4 is 10.6 Å². The lowest BCUT2D eigenvalue weighted by atomic mass is 10.3. The highest BCUT2D eigenvalue weighted by atomic mass is 32.2. The summed E-state index contributed by atoms with van der Waals surface area (Å²) in [6.07, 6.45) is 1.93. The van der Waals surface area contributed by atoms with Crippen molar-refractivity contribution >= 4 is 21.6 Å². The molecule has 0 aliphatic rings. The molecule has 1 aromatic heterocycles. The molecule has 1 heterocycles. The number of hydrogen-bond acceptors (Lipinski definition) is 6. The second-order valence-electron chi connectivity index (χ2n) is 4.58. The van der Waals surface area contributed by atoms with E-state index >= 15 is 0 Å². The molecule has 0 spiro atoms. The third-order valence-electron chi connectivity index (χ3n) is 2.65. The lowest BCUT2D eigenvalue weighted by Crippen LogP contribution is -2.29. The first-order valence-corrected chi connectivity index (χ1v) is 8.46. The summed E-state index contributed by atoms with van der Waals surface area (Å²) in [5, 5.41) is 12.1. The van der Waals surface area contributed by atoms with Crippen molar-refractivity contribution in [1.29, 1.82) is 0 Å². The van der Waals surface area contributed by atoms with Crippen molar-refractivity contribution in [1.82, 2.24) is 15.5 Å². The van der Waals surface area contributed by atoms with Crippen molar-refractivity contribution in [2.75, 3.05) is 18.1 Å². The maximum absolute atomic E-state index is 11.6. The quantitative estimate of drug-likeness (QED) is 0.772. The summed E-state index contributed by atoms with van der Waals surface area (Å²) < 4.78 is 27.4. The lowest BCUT2D eigenvalue weighted by Gasteiger charge is -2.06. The number of urea groups is 1. The van der Waals surface area contributed by atoms with Gasteiger partial charge in [0.25, 0.3) is 0 Å². The highest BCUT2D eigenvalue weighted by Gasteiger charge is 2.16. The first kappa shape index (κ1) is 16.0. The van der Waals surface area contributed by atoms with Crippen LogP contribution in [-0.4, -0.2) is 37.4 Å². The number of benzene rings is 1. The van der Waals surface area contributed by atoms with Crippen LogP contribution in [0.3, 0.4) is 0 Å². The maximum Gasteiger partial charge on any atom is 0.335 e. The third-order valence-corrected chi connectivity index (χ3v) is 3.45. The predicted octanol–water partition coefficient (Wildman–Crippen LogP) is 1.23. The Balaban J connectivity index is 1.71. The van der Waals surface area contributed by atoms with E-state index in [0.29, 0.717) is 25.1 Å². The molecule has 2 N–H and O–H groups in total. The summed E-state index contributed by atoms with van der Waals surface area (Å²) in [6.45, 7) is 0.398. The van der Waals surface area contributed by atoms with Crippen molar-refractivity contribution in [3.05, 3.63) is 36.2 Å². The number of aromatic nitrogens is 2. The van der Waals surface area contributed by atoms with Crippen LogP contribution in [0.1, 0.15) is 12.3 Å². The number of anilines is 1. The second-order valence-corrected chi connectivity index (χ2v) is 6.48. The van der Waals surface area contributed by atoms with Crippen LogP contribution in [0.4, 0.5) is 10.5 Å². The zero-order chi connectivity index (χ0) is 16.0. The largest absolute Gasteiger partial charge is 0.413 e. The van der Waals surface area contributed by atoms with Gasteiger partial charge in [-0.15, -0.1) is 5.10 Å². The Bertz CT molecular complexity index is 728. The summed E-state index contributed by atoms with van der Waals surface area (Å²) in [4.78, 5) is 11.6. The van der Waals surface area contributed by atoms with Gasteiger partial charge in [0.05, 0.1) is 0 Å². The molecule has 0 aliphatic carbocycles.